The Kier molecular flexibility index (Phi) is 5.46. The first-order valence-electron chi connectivity index (χ1n) is 9.76. The van der Waals surface area contributed by atoms with Crippen LogP contribution in [0.1, 0.15) is 22.3 Å². The summed E-state index contributed by atoms with van der Waals surface area (Å²) in [7, 11) is 2.09. The van der Waals surface area contributed by atoms with E-state index < -0.39 is 0 Å². The van der Waals surface area contributed by atoms with E-state index in [-0.39, 0.29) is 11.8 Å². The Hall–Kier alpha value is -3.70. The lowest BCUT2D eigenvalue weighted by molar-refractivity contribution is 0.0947. The standard InChI is InChI=1S/C22H22N6O2/c1-27-9-8-16(14-27)11-25-21(29)18-6-7-20(24-12-18)28-22(30)19(13-26-28)17-4-2-15(10-23)3-5-17/h2-7,12-13,16,30H,8-9,11,14H2,1H3,(H,25,29). The lowest BCUT2D eigenvalue weighted by Gasteiger charge is -2.11. The molecular weight excluding hydrogens is 380 g/mol. The van der Waals surface area contributed by atoms with E-state index >= 15 is 0 Å². The largest absolute Gasteiger partial charge is 0.493 e. The molecule has 1 aliphatic heterocycles. The summed E-state index contributed by atoms with van der Waals surface area (Å²) in [6.45, 7) is 2.71. The first-order valence-corrected chi connectivity index (χ1v) is 9.76. The molecule has 1 atom stereocenters. The van der Waals surface area contributed by atoms with Gasteiger partial charge in [-0.3, -0.25) is 4.79 Å². The molecule has 3 aromatic rings. The van der Waals surface area contributed by atoms with Gasteiger partial charge in [-0.1, -0.05) is 12.1 Å². The summed E-state index contributed by atoms with van der Waals surface area (Å²) in [5, 5.41) is 26.7. The van der Waals surface area contributed by atoms with E-state index in [1.54, 1.807) is 36.4 Å². The molecule has 1 saturated heterocycles. The van der Waals surface area contributed by atoms with E-state index in [2.05, 4.69) is 33.4 Å². The number of amides is 1. The highest BCUT2D eigenvalue weighted by atomic mass is 16.3. The number of hydrogen-bond acceptors (Lipinski definition) is 6. The third-order valence-corrected chi connectivity index (χ3v) is 5.34. The zero-order valence-corrected chi connectivity index (χ0v) is 16.6. The zero-order chi connectivity index (χ0) is 21.1. The Balaban J connectivity index is 1.45. The lowest BCUT2D eigenvalue weighted by Crippen LogP contribution is -2.30. The van der Waals surface area contributed by atoms with Crippen LogP contribution in [0.25, 0.3) is 16.9 Å². The van der Waals surface area contributed by atoms with Crippen molar-refractivity contribution in [2.75, 3.05) is 26.7 Å². The predicted molar refractivity (Wildman–Crippen MR) is 111 cm³/mol. The minimum absolute atomic E-state index is 0.0604. The molecule has 0 saturated carbocycles. The molecule has 8 nitrogen and oxygen atoms in total. The Morgan fingerprint density at radius 2 is 2.07 bits per heavy atom. The van der Waals surface area contributed by atoms with Gasteiger partial charge in [0.05, 0.1) is 29.0 Å². The average molecular weight is 402 g/mol. The molecule has 0 spiro atoms. The molecule has 1 aliphatic rings. The predicted octanol–water partition coefficient (Wildman–Crippen LogP) is 2.19. The fourth-order valence-corrected chi connectivity index (χ4v) is 3.62. The van der Waals surface area contributed by atoms with Gasteiger partial charge in [0, 0.05) is 19.3 Å². The average Bonchev–Trinajstić information content (AvgIpc) is 3.37. The number of benzene rings is 1. The van der Waals surface area contributed by atoms with Crippen molar-refractivity contribution in [2.24, 2.45) is 5.92 Å². The van der Waals surface area contributed by atoms with Crippen LogP contribution < -0.4 is 5.32 Å². The molecule has 0 bridgehead atoms. The topological polar surface area (TPSA) is 107 Å². The number of nitriles is 1. The molecule has 3 heterocycles. The van der Waals surface area contributed by atoms with Crippen molar-refractivity contribution in [1.82, 2.24) is 25.0 Å². The number of aromatic nitrogens is 3. The summed E-state index contributed by atoms with van der Waals surface area (Å²) < 4.78 is 1.31. The number of hydrogen-bond donors (Lipinski definition) is 2. The monoisotopic (exact) mass is 402 g/mol. The molecule has 1 amide bonds. The second kappa shape index (κ2) is 8.35. The van der Waals surface area contributed by atoms with E-state index in [1.165, 1.54) is 17.1 Å². The lowest BCUT2D eigenvalue weighted by atomic mass is 10.1. The van der Waals surface area contributed by atoms with Crippen LogP contribution in [0, 0.1) is 17.2 Å². The molecule has 4 rings (SSSR count). The molecular formula is C22H22N6O2. The normalized spacial score (nSPS) is 16.3. The van der Waals surface area contributed by atoms with Crippen LogP contribution in [0.15, 0.2) is 48.8 Å². The third-order valence-electron chi connectivity index (χ3n) is 5.34. The van der Waals surface area contributed by atoms with Crippen molar-refractivity contribution in [3.8, 4) is 28.9 Å². The molecule has 1 aromatic carbocycles. The highest BCUT2D eigenvalue weighted by molar-refractivity contribution is 5.93. The number of nitrogens with one attached hydrogen (secondary N) is 1. The molecule has 152 valence electrons. The SMILES string of the molecule is CN1CCC(CNC(=O)c2ccc(-n3ncc(-c4ccc(C#N)cc4)c3O)nc2)C1. The molecule has 0 radical (unpaired) electrons. The third kappa shape index (κ3) is 4.02. The Bertz CT molecular complexity index is 1080. The van der Waals surface area contributed by atoms with Gasteiger partial charge >= 0.3 is 0 Å². The number of nitrogens with zero attached hydrogens (tertiary/aromatic N) is 5. The van der Waals surface area contributed by atoms with Gasteiger partial charge in [-0.05, 0) is 55.8 Å². The fourth-order valence-electron chi connectivity index (χ4n) is 3.62. The second-order valence-electron chi connectivity index (χ2n) is 7.51. The summed E-state index contributed by atoms with van der Waals surface area (Å²) in [5.74, 6) is 0.663. The van der Waals surface area contributed by atoms with Gasteiger partial charge < -0.3 is 15.3 Å². The van der Waals surface area contributed by atoms with E-state index in [1.807, 2.05) is 0 Å². The van der Waals surface area contributed by atoms with Gasteiger partial charge in [-0.2, -0.15) is 15.0 Å². The summed E-state index contributed by atoms with van der Waals surface area (Å²) in [6.07, 6.45) is 4.11. The molecule has 0 aliphatic carbocycles. The maximum absolute atomic E-state index is 12.4. The number of carbonyl (C=O) groups is 1. The van der Waals surface area contributed by atoms with Crippen LogP contribution in [-0.2, 0) is 0 Å². The first kappa shape index (κ1) is 19.6. The minimum Gasteiger partial charge on any atom is -0.493 e. The highest BCUT2D eigenvalue weighted by Gasteiger charge is 2.20. The molecule has 1 fully saturated rings. The van der Waals surface area contributed by atoms with Crippen LogP contribution >= 0.6 is 0 Å². The van der Waals surface area contributed by atoms with Crippen LogP contribution in [0.2, 0.25) is 0 Å². The minimum atomic E-state index is -0.161. The van der Waals surface area contributed by atoms with Crippen molar-refractivity contribution in [2.45, 2.75) is 6.42 Å². The quantitative estimate of drug-likeness (QED) is 0.677. The summed E-state index contributed by atoms with van der Waals surface area (Å²) >= 11 is 0. The van der Waals surface area contributed by atoms with Gasteiger partial charge in [0.1, 0.15) is 0 Å². The molecule has 8 heteroatoms. The van der Waals surface area contributed by atoms with Gasteiger partial charge in [0.15, 0.2) is 5.82 Å². The maximum atomic E-state index is 12.4. The van der Waals surface area contributed by atoms with Gasteiger partial charge in [-0.15, -0.1) is 0 Å². The van der Waals surface area contributed by atoms with E-state index in [4.69, 9.17) is 5.26 Å². The Labute approximate surface area is 174 Å². The van der Waals surface area contributed by atoms with E-state index in [0.717, 1.165) is 25.1 Å². The Morgan fingerprint density at radius 1 is 1.27 bits per heavy atom. The second-order valence-corrected chi connectivity index (χ2v) is 7.51. The number of pyridine rings is 1. The maximum Gasteiger partial charge on any atom is 0.252 e. The van der Waals surface area contributed by atoms with Crippen LogP contribution in [0.3, 0.4) is 0 Å². The number of aromatic hydroxyl groups is 1. The smallest absolute Gasteiger partial charge is 0.252 e. The van der Waals surface area contributed by atoms with Crippen LogP contribution in [-0.4, -0.2) is 57.4 Å². The summed E-state index contributed by atoms with van der Waals surface area (Å²) in [5.41, 5.74) is 2.28. The van der Waals surface area contributed by atoms with Crippen LogP contribution in [0.5, 0.6) is 5.88 Å². The first-order chi connectivity index (χ1) is 14.5. The van der Waals surface area contributed by atoms with Crippen molar-refractivity contribution >= 4 is 5.91 Å². The Morgan fingerprint density at radius 3 is 2.70 bits per heavy atom. The highest BCUT2D eigenvalue weighted by Crippen LogP contribution is 2.30. The van der Waals surface area contributed by atoms with Crippen molar-refractivity contribution in [3.05, 3.63) is 59.9 Å². The summed E-state index contributed by atoms with van der Waals surface area (Å²) in [6, 6.07) is 12.2. The van der Waals surface area contributed by atoms with Crippen LogP contribution in [0.4, 0.5) is 0 Å². The van der Waals surface area contributed by atoms with Crippen molar-refractivity contribution in [3.63, 3.8) is 0 Å². The number of likely N-dealkylation sites (tertiary alicyclic amines) is 1. The van der Waals surface area contributed by atoms with Crippen molar-refractivity contribution < 1.29 is 9.90 Å². The van der Waals surface area contributed by atoms with Crippen molar-refractivity contribution in [1.29, 1.82) is 5.26 Å². The molecule has 30 heavy (non-hydrogen) atoms. The zero-order valence-electron chi connectivity index (χ0n) is 16.6. The molecule has 2 aromatic heterocycles. The number of rotatable bonds is 5. The van der Waals surface area contributed by atoms with Gasteiger partial charge in [0.25, 0.3) is 5.91 Å². The molecule has 1 unspecified atom stereocenters. The molecule has 2 N–H and O–H groups in total. The number of carbonyl (C=O) groups excluding carboxylic acids is 1. The fraction of sp³-hybridized carbons (Fsp3) is 0.273. The van der Waals surface area contributed by atoms with E-state index in [0.29, 0.717) is 35.0 Å². The van der Waals surface area contributed by atoms with Gasteiger partial charge in [-0.25, -0.2) is 4.98 Å². The van der Waals surface area contributed by atoms with E-state index in [9.17, 15) is 9.90 Å². The van der Waals surface area contributed by atoms with Gasteiger partial charge in [0.2, 0.25) is 5.88 Å². The summed E-state index contributed by atoms with van der Waals surface area (Å²) in [4.78, 5) is 18.9.